The van der Waals surface area contributed by atoms with Crippen molar-refractivity contribution >= 4 is 32.6 Å². The van der Waals surface area contributed by atoms with E-state index in [4.69, 9.17) is 22.8 Å². The maximum absolute atomic E-state index is 9.92. The number of benzene rings is 8. The Balaban J connectivity index is 1.33. The van der Waals surface area contributed by atoms with Gasteiger partial charge < -0.3 is 0 Å². The highest BCUT2D eigenvalue weighted by Crippen LogP contribution is 2.51. The lowest BCUT2D eigenvalue weighted by Crippen LogP contribution is -2.14. The van der Waals surface area contributed by atoms with Crippen LogP contribution < -0.4 is 0 Å². The Morgan fingerprint density at radius 2 is 1.10 bits per heavy atom. The molecule has 0 amide bonds. The molecule has 0 saturated carbocycles. The number of aromatic nitrogens is 2. The molecule has 9 aromatic rings. The summed E-state index contributed by atoms with van der Waals surface area (Å²) in [6, 6.07) is 1.07. The van der Waals surface area contributed by atoms with E-state index >= 15 is 0 Å². The van der Waals surface area contributed by atoms with Crippen LogP contribution in [-0.4, -0.2) is 9.55 Å². The second kappa shape index (κ2) is 10.9. The second-order valence-corrected chi connectivity index (χ2v) is 12.4. The molecule has 0 spiro atoms. The Hall–Kier alpha value is -6.25. The van der Waals surface area contributed by atoms with E-state index in [1.807, 2.05) is 0 Å². The summed E-state index contributed by atoms with van der Waals surface area (Å²) < 4.78 is 181. The summed E-state index contributed by atoms with van der Waals surface area (Å²) in [6.45, 7) is 3.20. The van der Waals surface area contributed by atoms with Gasteiger partial charge in [-0.05, 0) is 96.4 Å². The minimum atomic E-state index is -1.41. The molecule has 236 valence electrons. The molecule has 0 unspecified atom stereocenters. The van der Waals surface area contributed by atoms with Crippen molar-refractivity contribution in [3.63, 3.8) is 0 Å². The fraction of sp³-hybridized carbons (Fsp3) is 0.0625. The van der Waals surface area contributed by atoms with Gasteiger partial charge >= 0.3 is 0 Å². The molecule has 0 aliphatic heterocycles. The van der Waals surface area contributed by atoms with Crippen LogP contribution in [0.3, 0.4) is 0 Å². The van der Waals surface area contributed by atoms with Gasteiger partial charge in [-0.3, -0.25) is 4.57 Å². The molecule has 0 saturated heterocycles. The fourth-order valence-corrected chi connectivity index (χ4v) is 7.04. The van der Waals surface area contributed by atoms with Crippen LogP contribution in [0.5, 0.6) is 0 Å². The number of fused-ring (bicyclic) bond motifs is 6. The minimum Gasteiger partial charge on any atom is -0.292 e. The molecule has 50 heavy (non-hydrogen) atoms. The lowest BCUT2D eigenvalue weighted by molar-refractivity contribution is 0.660. The summed E-state index contributed by atoms with van der Waals surface area (Å²) >= 11 is 0. The van der Waals surface area contributed by atoms with Crippen LogP contribution in [0.25, 0.3) is 83.0 Å². The smallest absolute Gasteiger partial charge is 0.145 e. The Morgan fingerprint density at radius 1 is 0.520 bits per heavy atom. The van der Waals surface area contributed by atoms with Crippen molar-refractivity contribution in [1.82, 2.24) is 9.55 Å². The fourth-order valence-electron chi connectivity index (χ4n) is 7.04. The Kier molecular flexibility index (Phi) is 3.29. The topological polar surface area (TPSA) is 17.8 Å². The van der Waals surface area contributed by atoms with Crippen LogP contribution in [0.4, 0.5) is 0 Å². The molecular weight excluding hydrogens is 605 g/mol. The summed E-state index contributed by atoms with van der Waals surface area (Å²) in [5, 5.41) is -1.14. The predicted molar refractivity (Wildman–Crippen MR) is 210 cm³/mol. The quantitative estimate of drug-likeness (QED) is 0.172. The van der Waals surface area contributed by atoms with E-state index in [-0.39, 0.29) is 71.9 Å². The van der Waals surface area contributed by atoms with Crippen molar-refractivity contribution in [2.75, 3.05) is 0 Å². The van der Waals surface area contributed by atoms with Gasteiger partial charge in [0.15, 0.2) is 0 Å². The first-order chi connectivity index (χ1) is 32.9. The standard InChI is InChI=1S/C48H34N2/c1-48(2)41-21-11-10-16-35(41)36-29-26-33(30-42(36)48)46-39-19-8-6-17-37(39)45(38-18-7-9-20-40(38)46)31-24-27-34(28-25-31)50-44-23-13-12-22-43(44)49-47(50)32-14-4-3-5-15-32/h3-30H,1-2H3/i3D,4D,5D,6D,7D,8D,9D,10D,11D,14D,15D,16D,17D,18D,19D,20D,21D,26D,29D,30D. The predicted octanol–water partition coefficient (Wildman–Crippen LogP) is 12.6. The van der Waals surface area contributed by atoms with Crippen molar-refractivity contribution in [1.29, 1.82) is 0 Å². The van der Waals surface area contributed by atoms with E-state index in [9.17, 15) is 9.60 Å². The normalized spacial score (nSPS) is 18.8. The molecular formula is C48H34N2. The van der Waals surface area contributed by atoms with Crippen molar-refractivity contribution in [3.05, 3.63) is 181 Å². The van der Waals surface area contributed by atoms with Gasteiger partial charge in [-0.15, -0.1) is 0 Å². The largest absolute Gasteiger partial charge is 0.292 e. The van der Waals surface area contributed by atoms with E-state index in [1.165, 1.54) is 12.1 Å². The Bertz CT molecular complexity index is 3800. The molecule has 0 bridgehead atoms. The third-order valence-corrected chi connectivity index (χ3v) is 9.32. The zero-order valence-corrected chi connectivity index (χ0v) is 26.5. The monoisotopic (exact) mass is 658 g/mol. The second-order valence-electron chi connectivity index (χ2n) is 12.4. The van der Waals surface area contributed by atoms with E-state index in [0.717, 1.165) is 0 Å². The van der Waals surface area contributed by atoms with Gasteiger partial charge in [0.25, 0.3) is 0 Å². The average molecular weight is 659 g/mol. The average Bonchev–Trinajstić information content (AvgIpc) is 3.84. The van der Waals surface area contributed by atoms with Crippen molar-refractivity contribution in [2.24, 2.45) is 0 Å². The number of nitrogens with zero attached hydrogens (tertiary/aromatic N) is 2. The lowest BCUT2D eigenvalue weighted by Gasteiger charge is -2.23. The number of hydrogen-bond donors (Lipinski definition) is 0. The lowest BCUT2D eigenvalue weighted by atomic mass is 9.80. The highest BCUT2D eigenvalue weighted by molar-refractivity contribution is 6.21. The highest BCUT2D eigenvalue weighted by Gasteiger charge is 2.35. The van der Waals surface area contributed by atoms with Crippen LogP contribution in [0, 0.1) is 0 Å². The zero-order chi connectivity index (χ0) is 50.8. The van der Waals surface area contributed by atoms with E-state index < -0.39 is 132 Å². The third-order valence-electron chi connectivity index (χ3n) is 9.32. The summed E-state index contributed by atoms with van der Waals surface area (Å²) in [6.07, 6.45) is 0. The summed E-state index contributed by atoms with van der Waals surface area (Å²) in [4.78, 5) is 4.70. The van der Waals surface area contributed by atoms with Gasteiger partial charge in [0.1, 0.15) is 5.82 Å². The van der Waals surface area contributed by atoms with Crippen LogP contribution in [-0.2, 0) is 5.41 Å². The summed E-state index contributed by atoms with van der Waals surface area (Å²) in [5.41, 5.74) is -1.03. The van der Waals surface area contributed by atoms with E-state index in [0.29, 0.717) is 16.7 Å². The first-order valence-corrected chi connectivity index (χ1v) is 15.8. The van der Waals surface area contributed by atoms with Gasteiger partial charge in [-0.2, -0.15) is 0 Å². The summed E-state index contributed by atoms with van der Waals surface area (Å²) in [7, 11) is 0. The molecule has 0 N–H and O–H groups in total. The zero-order valence-electron chi connectivity index (χ0n) is 46.5. The van der Waals surface area contributed by atoms with Gasteiger partial charge in [0.2, 0.25) is 0 Å². The van der Waals surface area contributed by atoms with Gasteiger partial charge in [-0.1, -0.05) is 153 Å². The molecule has 2 heteroatoms. The first kappa shape index (κ1) is 15.1. The maximum Gasteiger partial charge on any atom is 0.145 e. The van der Waals surface area contributed by atoms with Gasteiger partial charge in [0.05, 0.1) is 38.4 Å². The Morgan fingerprint density at radius 3 is 1.80 bits per heavy atom. The van der Waals surface area contributed by atoms with Crippen LogP contribution in [0.1, 0.15) is 52.4 Å². The molecule has 10 rings (SSSR count). The number of imidazole rings is 1. The molecule has 1 aliphatic carbocycles. The molecule has 0 radical (unpaired) electrons. The van der Waals surface area contributed by atoms with Crippen LogP contribution in [0.2, 0.25) is 0 Å². The Labute approximate surface area is 320 Å². The molecule has 1 heterocycles. The van der Waals surface area contributed by atoms with Crippen molar-refractivity contribution in [3.8, 4) is 50.5 Å². The van der Waals surface area contributed by atoms with Crippen molar-refractivity contribution in [2.45, 2.75) is 19.3 Å². The highest BCUT2D eigenvalue weighted by atomic mass is 15.1. The van der Waals surface area contributed by atoms with Gasteiger partial charge in [0, 0.05) is 16.7 Å². The van der Waals surface area contributed by atoms with Crippen molar-refractivity contribution < 1.29 is 27.4 Å². The molecule has 0 fully saturated rings. The SMILES string of the molecule is [2H]c1c([2H])c([2H])c(-c2nc3ccccc3n2-c2ccc(-c3c4c([2H])c([2H])c([2H])c([2H])c4c(-c4c([2H])c([2H])c5c(c4[2H])C(C)(C)c4c([2H])c([2H])c([2H])c([2H])c4-5)c4c([2H])c([2H])c([2H])c([2H])c34)cc2)c([2H])c1[2H]. The number of para-hydroxylation sites is 2. The van der Waals surface area contributed by atoms with Crippen LogP contribution >= 0.6 is 0 Å². The molecule has 8 aromatic carbocycles. The van der Waals surface area contributed by atoms with Crippen LogP contribution in [0.15, 0.2) is 169 Å². The maximum atomic E-state index is 9.92. The molecule has 2 nitrogen and oxygen atoms in total. The molecule has 1 aromatic heterocycles. The third kappa shape index (κ3) is 4.18. The number of hydrogen-bond acceptors (Lipinski definition) is 1. The minimum absolute atomic E-state index is 0.0133. The molecule has 1 aliphatic rings. The van der Waals surface area contributed by atoms with E-state index in [2.05, 4.69) is 0 Å². The van der Waals surface area contributed by atoms with Gasteiger partial charge in [-0.25, -0.2) is 4.98 Å². The van der Waals surface area contributed by atoms with E-state index in [1.54, 1.807) is 54.8 Å². The number of rotatable bonds is 4. The first-order valence-electron chi connectivity index (χ1n) is 25.8. The molecule has 0 atom stereocenters. The summed E-state index contributed by atoms with van der Waals surface area (Å²) in [5.74, 6) is 0.0133.